The fraction of sp³-hybridized carbons (Fsp3) is 0.625. The molecule has 0 aromatic rings. The summed E-state index contributed by atoms with van der Waals surface area (Å²) in [6.07, 6.45) is 1.81. The summed E-state index contributed by atoms with van der Waals surface area (Å²) < 4.78 is 0. The van der Waals surface area contributed by atoms with Crippen LogP contribution in [0.4, 0.5) is 0 Å². The SMILES string of the molecule is C#N.C=CN(C)CC.CC. The second kappa shape index (κ2) is 24.4. The van der Waals surface area contributed by atoms with Gasteiger partial charge in [-0.2, -0.15) is 0 Å². The van der Waals surface area contributed by atoms with Crippen LogP contribution in [0.3, 0.4) is 0 Å². The lowest BCUT2D eigenvalue weighted by Crippen LogP contribution is -2.06. The first kappa shape index (κ1) is 16.0. The molecule has 0 aliphatic carbocycles. The van der Waals surface area contributed by atoms with Gasteiger partial charge in [0.15, 0.2) is 0 Å². The molecular formula is C8H18N2. The lowest BCUT2D eigenvalue weighted by atomic mass is 10.7. The van der Waals surface area contributed by atoms with Crippen molar-refractivity contribution in [3.05, 3.63) is 12.8 Å². The van der Waals surface area contributed by atoms with E-state index in [2.05, 4.69) is 20.1 Å². The molecule has 0 heterocycles. The van der Waals surface area contributed by atoms with E-state index in [1.807, 2.05) is 25.8 Å². The molecule has 0 aromatic carbocycles. The molecule has 0 saturated heterocycles. The van der Waals surface area contributed by atoms with Gasteiger partial charge in [0.1, 0.15) is 0 Å². The van der Waals surface area contributed by atoms with E-state index in [0.29, 0.717) is 0 Å². The van der Waals surface area contributed by atoms with E-state index < -0.39 is 0 Å². The predicted molar refractivity (Wildman–Crippen MR) is 46.5 cm³/mol. The van der Waals surface area contributed by atoms with E-state index in [1.54, 1.807) is 6.20 Å². The first-order chi connectivity index (χ1) is 4.81. The van der Waals surface area contributed by atoms with Crippen molar-refractivity contribution in [1.82, 2.24) is 4.90 Å². The second-order valence-electron chi connectivity index (χ2n) is 1.26. The maximum atomic E-state index is 6.50. The number of rotatable bonds is 2. The van der Waals surface area contributed by atoms with Crippen LogP contribution in [-0.4, -0.2) is 18.5 Å². The molecule has 0 radical (unpaired) electrons. The zero-order chi connectivity index (χ0) is 8.99. The van der Waals surface area contributed by atoms with E-state index in [-0.39, 0.29) is 0 Å². The number of hydrogen-bond acceptors (Lipinski definition) is 2. The van der Waals surface area contributed by atoms with Gasteiger partial charge in [0.25, 0.3) is 0 Å². The molecule has 0 bridgehead atoms. The zero-order valence-electron chi connectivity index (χ0n) is 7.46. The van der Waals surface area contributed by atoms with Gasteiger partial charge < -0.3 is 4.90 Å². The topological polar surface area (TPSA) is 27.0 Å². The molecule has 0 aliphatic heterocycles. The lowest BCUT2D eigenvalue weighted by Gasteiger charge is -2.06. The minimum Gasteiger partial charge on any atom is -0.381 e. The third-order valence-electron chi connectivity index (χ3n) is 0.810. The Labute approximate surface area is 64.8 Å². The van der Waals surface area contributed by atoms with Gasteiger partial charge in [0.05, 0.1) is 0 Å². The van der Waals surface area contributed by atoms with Crippen molar-refractivity contribution in [2.24, 2.45) is 0 Å². The third kappa shape index (κ3) is 27.8. The Morgan fingerprint density at radius 3 is 1.80 bits per heavy atom. The van der Waals surface area contributed by atoms with Crippen LogP contribution in [0.25, 0.3) is 0 Å². The number of hydrogen-bond donors (Lipinski definition) is 0. The quantitative estimate of drug-likeness (QED) is 0.591. The molecule has 2 nitrogen and oxygen atoms in total. The van der Waals surface area contributed by atoms with Crippen molar-refractivity contribution in [3.8, 4) is 6.57 Å². The average molecular weight is 142 g/mol. The van der Waals surface area contributed by atoms with Crippen LogP contribution in [0, 0.1) is 11.8 Å². The van der Waals surface area contributed by atoms with Gasteiger partial charge >= 0.3 is 0 Å². The molecule has 0 spiro atoms. The van der Waals surface area contributed by atoms with Gasteiger partial charge in [-0.3, -0.25) is 0 Å². The maximum absolute atomic E-state index is 6.50. The normalized spacial score (nSPS) is 5.40. The summed E-state index contributed by atoms with van der Waals surface area (Å²) in [7, 11) is 1.99. The van der Waals surface area contributed by atoms with Crippen LogP contribution in [0.1, 0.15) is 20.8 Å². The number of nitrogens with zero attached hydrogens (tertiary/aromatic N) is 2. The molecule has 0 atom stereocenters. The highest BCUT2D eigenvalue weighted by molar-refractivity contribution is 4.62. The fourth-order valence-electron chi connectivity index (χ4n) is 0.129. The van der Waals surface area contributed by atoms with Crippen molar-refractivity contribution in [2.75, 3.05) is 13.6 Å². The van der Waals surface area contributed by atoms with Gasteiger partial charge in [-0.15, -0.1) is 0 Å². The van der Waals surface area contributed by atoms with Crippen molar-refractivity contribution in [1.29, 1.82) is 5.26 Å². The van der Waals surface area contributed by atoms with Crippen molar-refractivity contribution >= 4 is 0 Å². The molecule has 0 aromatic heterocycles. The van der Waals surface area contributed by atoms with Crippen molar-refractivity contribution in [2.45, 2.75) is 20.8 Å². The third-order valence-corrected chi connectivity index (χ3v) is 0.810. The Kier molecular flexibility index (Phi) is 39.1. The molecular weight excluding hydrogens is 124 g/mol. The molecule has 0 N–H and O–H groups in total. The summed E-state index contributed by atoms with van der Waals surface area (Å²) in [6.45, 7) is 14.2. The minimum atomic E-state index is 1.05. The zero-order valence-corrected chi connectivity index (χ0v) is 7.46. The highest BCUT2D eigenvalue weighted by Crippen LogP contribution is 1.74. The molecule has 0 unspecified atom stereocenters. The average Bonchev–Trinajstić information content (AvgIpc) is 2.10. The first-order valence-corrected chi connectivity index (χ1v) is 3.40. The van der Waals surface area contributed by atoms with E-state index in [0.717, 1.165) is 6.54 Å². The summed E-state index contributed by atoms with van der Waals surface area (Å²) in [5, 5.41) is 6.50. The van der Waals surface area contributed by atoms with Crippen LogP contribution in [0.2, 0.25) is 0 Å². The van der Waals surface area contributed by atoms with E-state index in [1.165, 1.54) is 0 Å². The van der Waals surface area contributed by atoms with Gasteiger partial charge in [0.2, 0.25) is 0 Å². The fourth-order valence-corrected chi connectivity index (χ4v) is 0.129. The van der Waals surface area contributed by atoms with Crippen LogP contribution >= 0.6 is 0 Å². The number of nitriles is 1. The highest BCUT2D eigenvalue weighted by Gasteiger charge is 1.74. The molecule has 2 heteroatoms. The van der Waals surface area contributed by atoms with Crippen LogP contribution in [-0.2, 0) is 0 Å². The summed E-state index contributed by atoms with van der Waals surface area (Å²) in [5.74, 6) is 0. The molecule has 0 fully saturated rings. The van der Waals surface area contributed by atoms with Gasteiger partial charge in [-0.25, -0.2) is 5.26 Å². The van der Waals surface area contributed by atoms with Crippen molar-refractivity contribution in [3.63, 3.8) is 0 Å². The Balaban J connectivity index is -0.000000105. The van der Waals surface area contributed by atoms with E-state index in [9.17, 15) is 0 Å². The summed E-state index contributed by atoms with van der Waals surface area (Å²) in [4.78, 5) is 2.01. The Bertz CT molecular complexity index is 66.9. The van der Waals surface area contributed by atoms with Crippen molar-refractivity contribution < 1.29 is 0 Å². The monoisotopic (exact) mass is 142 g/mol. The molecule has 0 rings (SSSR count). The molecule has 0 amide bonds. The first-order valence-electron chi connectivity index (χ1n) is 3.40. The standard InChI is InChI=1S/C5H11N.C2H6.CHN/c1-4-6(3)5-2;2*1-2/h4H,1,5H2,2-3H3;1-2H3;1H. The summed E-state index contributed by atoms with van der Waals surface area (Å²) in [5.41, 5.74) is 0. The van der Waals surface area contributed by atoms with Crippen LogP contribution in [0.5, 0.6) is 0 Å². The Morgan fingerprint density at radius 2 is 1.80 bits per heavy atom. The molecule has 0 aliphatic rings. The van der Waals surface area contributed by atoms with Gasteiger partial charge in [-0.1, -0.05) is 20.4 Å². The minimum absolute atomic E-state index is 1.05. The summed E-state index contributed by atoms with van der Waals surface area (Å²) >= 11 is 0. The Hall–Kier alpha value is -0.970. The largest absolute Gasteiger partial charge is 0.381 e. The molecule has 60 valence electrons. The Morgan fingerprint density at radius 1 is 1.50 bits per heavy atom. The van der Waals surface area contributed by atoms with E-state index in [4.69, 9.17) is 5.26 Å². The van der Waals surface area contributed by atoms with Crippen LogP contribution in [0.15, 0.2) is 12.8 Å². The molecule has 10 heavy (non-hydrogen) atoms. The second-order valence-corrected chi connectivity index (χ2v) is 1.26. The van der Waals surface area contributed by atoms with E-state index >= 15 is 0 Å². The lowest BCUT2D eigenvalue weighted by molar-refractivity contribution is 0.486. The highest BCUT2D eigenvalue weighted by atomic mass is 15.1. The van der Waals surface area contributed by atoms with Gasteiger partial charge in [-0.05, 0) is 13.1 Å². The van der Waals surface area contributed by atoms with Crippen LogP contribution < -0.4 is 0 Å². The predicted octanol–water partition coefficient (Wildman–Crippen LogP) is 2.25. The van der Waals surface area contributed by atoms with Gasteiger partial charge in [0, 0.05) is 20.2 Å². The molecule has 0 saturated carbocycles. The maximum Gasteiger partial charge on any atom is 0.0462 e. The smallest absolute Gasteiger partial charge is 0.0462 e. The summed E-state index contributed by atoms with van der Waals surface area (Å²) in [6, 6.07) is 0.